The van der Waals surface area contributed by atoms with Crippen LogP contribution in [0.4, 0.5) is 5.69 Å². The molecule has 2 aromatic carbocycles. The van der Waals surface area contributed by atoms with Crippen LogP contribution in [0.3, 0.4) is 0 Å². The van der Waals surface area contributed by atoms with Crippen LogP contribution >= 0.6 is 11.6 Å². The Labute approximate surface area is 140 Å². The molecule has 0 aliphatic rings. The van der Waals surface area contributed by atoms with Gasteiger partial charge in [-0.2, -0.15) is 0 Å². The molecule has 0 radical (unpaired) electrons. The summed E-state index contributed by atoms with van der Waals surface area (Å²) in [4.78, 5) is 11.8. The van der Waals surface area contributed by atoms with Gasteiger partial charge in [-0.1, -0.05) is 29.3 Å². The third kappa shape index (κ3) is 4.03. The Morgan fingerprint density at radius 1 is 1.09 bits per heavy atom. The fraction of sp³-hybridized carbons (Fsp3) is 0.188. The van der Waals surface area contributed by atoms with Gasteiger partial charge in [0.2, 0.25) is 5.91 Å². The zero-order valence-corrected chi connectivity index (χ0v) is 14.4. The van der Waals surface area contributed by atoms with Gasteiger partial charge in [0.25, 0.3) is 10.0 Å². The highest BCUT2D eigenvalue weighted by molar-refractivity contribution is 7.92. The zero-order chi connectivity index (χ0) is 17.0. The Bertz CT molecular complexity index is 787. The van der Waals surface area contributed by atoms with E-state index >= 15 is 0 Å². The zero-order valence-electron chi connectivity index (χ0n) is 12.8. The van der Waals surface area contributed by atoms with E-state index in [0.717, 1.165) is 9.87 Å². The molecule has 23 heavy (non-hydrogen) atoms. The molecule has 5 nitrogen and oxygen atoms in total. The Hall–Kier alpha value is -2.05. The maximum absolute atomic E-state index is 12.9. The van der Waals surface area contributed by atoms with Gasteiger partial charge in [0.15, 0.2) is 0 Å². The van der Waals surface area contributed by atoms with E-state index in [4.69, 9.17) is 11.6 Å². The number of aryl methyl sites for hydroxylation is 1. The van der Waals surface area contributed by atoms with Gasteiger partial charge in [0, 0.05) is 12.1 Å². The smallest absolute Gasteiger partial charge is 0.264 e. The number of amides is 1. The highest BCUT2D eigenvalue weighted by Crippen LogP contribution is 2.24. The minimum Gasteiger partial charge on any atom is -0.358 e. The van der Waals surface area contributed by atoms with Crippen LogP contribution in [0.2, 0.25) is 5.02 Å². The number of likely N-dealkylation sites (N-methyl/N-ethyl adjacent to an activating group) is 1. The minimum atomic E-state index is -3.88. The lowest BCUT2D eigenvalue weighted by Gasteiger charge is -2.24. The van der Waals surface area contributed by atoms with Crippen molar-refractivity contribution in [1.82, 2.24) is 5.32 Å². The summed E-state index contributed by atoms with van der Waals surface area (Å²) in [5.74, 6) is -0.400. The lowest BCUT2D eigenvalue weighted by Crippen LogP contribution is -2.39. The monoisotopic (exact) mass is 352 g/mol. The molecular formula is C16H17ClN2O3S. The first-order valence-corrected chi connectivity index (χ1v) is 8.72. The Morgan fingerprint density at radius 3 is 2.17 bits per heavy atom. The van der Waals surface area contributed by atoms with Crippen molar-refractivity contribution in [3.8, 4) is 0 Å². The lowest BCUT2D eigenvalue weighted by molar-refractivity contribution is -0.119. The molecule has 0 atom stereocenters. The normalized spacial score (nSPS) is 11.1. The van der Waals surface area contributed by atoms with Crippen LogP contribution in [0.5, 0.6) is 0 Å². The van der Waals surface area contributed by atoms with E-state index in [1.165, 1.54) is 31.3 Å². The fourth-order valence-corrected chi connectivity index (χ4v) is 3.52. The third-order valence-electron chi connectivity index (χ3n) is 3.29. The maximum Gasteiger partial charge on any atom is 0.264 e. The molecule has 2 rings (SSSR count). The number of hydrogen-bond donors (Lipinski definition) is 1. The summed E-state index contributed by atoms with van der Waals surface area (Å²) in [6.45, 7) is 1.60. The summed E-state index contributed by atoms with van der Waals surface area (Å²) < 4.78 is 26.8. The average Bonchev–Trinajstić information content (AvgIpc) is 2.53. The third-order valence-corrected chi connectivity index (χ3v) is 5.33. The number of sulfonamides is 1. The maximum atomic E-state index is 12.9. The molecule has 0 aliphatic carbocycles. The number of halogens is 1. The molecule has 0 aliphatic heterocycles. The van der Waals surface area contributed by atoms with Gasteiger partial charge in [0.05, 0.1) is 10.6 Å². The molecule has 1 N–H and O–H groups in total. The molecule has 0 fully saturated rings. The van der Waals surface area contributed by atoms with Gasteiger partial charge >= 0.3 is 0 Å². The molecule has 1 amide bonds. The number of carbonyl (C=O) groups is 1. The van der Waals surface area contributed by atoms with E-state index in [1.807, 2.05) is 6.92 Å². The van der Waals surface area contributed by atoms with E-state index in [9.17, 15) is 13.2 Å². The van der Waals surface area contributed by atoms with Crippen molar-refractivity contribution in [2.45, 2.75) is 11.8 Å². The Morgan fingerprint density at radius 2 is 1.65 bits per heavy atom. The van der Waals surface area contributed by atoms with Crippen LogP contribution in [-0.4, -0.2) is 27.9 Å². The van der Waals surface area contributed by atoms with E-state index in [1.54, 1.807) is 24.3 Å². The molecule has 0 aromatic heterocycles. The van der Waals surface area contributed by atoms with E-state index in [-0.39, 0.29) is 11.4 Å². The molecule has 0 saturated heterocycles. The van der Waals surface area contributed by atoms with Gasteiger partial charge in [0.1, 0.15) is 6.54 Å². The van der Waals surface area contributed by atoms with Crippen LogP contribution in [0.25, 0.3) is 0 Å². The number of benzene rings is 2. The molecule has 0 heterocycles. The van der Waals surface area contributed by atoms with Crippen LogP contribution < -0.4 is 9.62 Å². The number of carbonyl (C=O) groups excluding carboxylic acids is 1. The number of nitrogens with one attached hydrogen (secondary N) is 1. The molecule has 0 saturated carbocycles. The van der Waals surface area contributed by atoms with Gasteiger partial charge in [-0.15, -0.1) is 0 Å². The van der Waals surface area contributed by atoms with Crippen molar-refractivity contribution in [1.29, 1.82) is 0 Å². The average molecular weight is 353 g/mol. The van der Waals surface area contributed by atoms with E-state index in [0.29, 0.717) is 10.7 Å². The largest absolute Gasteiger partial charge is 0.358 e. The van der Waals surface area contributed by atoms with Crippen molar-refractivity contribution in [3.63, 3.8) is 0 Å². The quantitative estimate of drug-likeness (QED) is 0.899. The predicted octanol–water partition coefficient (Wildman–Crippen LogP) is 2.59. The molecule has 2 aromatic rings. The molecule has 0 unspecified atom stereocenters. The molecule has 0 spiro atoms. The second-order valence-electron chi connectivity index (χ2n) is 4.97. The first-order chi connectivity index (χ1) is 10.8. The number of anilines is 1. The first kappa shape index (κ1) is 17.3. The van der Waals surface area contributed by atoms with Crippen molar-refractivity contribution in [2.24, 2.45) is 0 Å². The predicted molar refractivity (Wildman–Crippen MR) is 91.2 cm³/mol. The summed E-state index contributed by atoms with van der Waals surface area (Å²) in [7, 11) is -2.41. The van der Waals surface area contributed by atoms with Crippen LogP contribution in [-0.2, 0) is 14.8 Å². The molecular weight excluding hydrogens is 336 g/mol. The van der Waals surface area contributed by atoms with E-state index in [2.05, 4.69) is 5.32 Å². The second kappa shape index (κ2) is 7.02. The summed E-state index contributed by atoms with van der Waals surface area (Å²) >= 11 is 5.81. The summed E-state index contributed by atoms with van der Waals surface area (Å²) in [5.41, 5.74) is 1.42. The lowest BCUT2D eigenvalue weighted by atomic mass is 10.2. The first-order valence-electron chi connectivity index (χ1n) is 6.90. The van der Waals surface area contributed by atoms with Crippen LogP contribution in [0.1, 0.15) is 5.56 Å². The summed E-state index contributed by atoms with van der Waals surface area (Å²) in [6, 6.07) is 12.8. The highest BCUT2D eigenvalue weighted by atomic mass is 35.5. The number of hydrogen-bond acceptors (Lipinski definition) is 3. The van der Waals surface area contributed by atoms with Gasteiger partial charge in [-0.25, -0.2) is 8.42 Å². The van der Waals surface area contributed by atoms with Crippen molar-refractivity contribution >= 4 is 33.2 Å². The topological polar surface area (TPSA) is 66.5 Å². The van der Waals surface area contributed by atoms with Gasteiger partial charge in [-0.05, 0) is 43.3 Å². The van der Waals surface area contributed by atoms with Crippen LogP contribution in [0.15, 0.2) is 53.4 Å². The van der Waals surface area contributed by atoms with Crippen molar-refractivity contribution < 1.29 is 13.2 Å². The standard InChI is InChI=1S/C16H17ClN2O3S/c1-12-3-7-14(8-4-12)19(11-16(20)18-2)23(21,22)15-9-5-13(17)6-10-15/h3-10H,11H2,1-2H3,(H,18,20). The van der Waals surface area contributed by atoms with Gasteiger partial charge in [-0.3, -0.25) is 9.10 Å². The Balaban J connectivity index is 2.49. The SMILES string of the molecule is CNC(=O)CN(c1ccc(C)cc1)S(=O)(=O)c1ccc(Cl)cc1. The summed E-state index contributed by atoms with van der Waals surface area (Å²) in [5, 5.41) is 2.88. The van der Waals surface area contributed by atoms with E-state index < -0.39 is 15.9 Å². The van der Waals surface area contributed by atoms with Crippen molar-refractivity contribution in [2.75, 3.05) is 17.9 Å². The molecule has 122 valence electrons. The molecule has 7 heteroatoms. The second-order valence-corrected chi connectivity index (χ2v) is 7.27. The number of rotatable bonds is 5. The molecule has 0 bridgehead atoms. The number of nitrogens with zero attached hydrogens (tertiary/aromatic N) is 1. The fourth-order valence-electron chi connectivity index (χ4n) is 1.97. The van der Waals surface area contributed by atoms with Gasteiger partial charge < -0.3 is 5.32 Å². The summed E-state index contributed by atoms with van der Waals surface area (Å²) in [6.07, 6.45) is 0. The Kier molecular flexibility index (Phi) is 5.28. The van der Waals surface area contributed by atoms with Crippen molar-refractivity contribution in [3.05, 3.63) is 59.1 Å². The van der Waals surface area contributed by atoms with Crippen LogP contribution in [0, 0.1) is 6.92 Å². The highest BCUT2D eigenvalue weighted by Gasteiger charge is 2.26. The minimum absolute atomic E-state index is 0.0754.